The second-order valence-corrected chi connectivity index (χ2v) is 10.9. The van der Waals surface area contributed by atoms with Gasteiger partial charge in [0.2, 0.25) is 5.91 Å². The third-order valence-corrected chi connectivity index (χ3v) is 6.71. The van der Waals surface area contributed by atoms with Crippen molar-refractivity contribution in [3.05, 3.63) is 77.1 Å². The van der Waals surface area contributed by atoms with Crippen molar-refractivity contribution in [2.45, 2.75) is 52.1 Å². The number of aromatic hydroxyl groups is 1. The number of nitrogens with zero attached hydrogens (tertiary/aromatic N) is 3. The Morgan fingerprint density at radius 2 is 1.60 bits per heavy atom. The number of hydrogen-bond donors (Lipinski definition) is 4. The quantitative estimate of drug-likeness (QED) is 0.223. The molecule has 218 valence electrons. The highest BCUT2D eigenvalue weighted by atomic mass is 16.3. The van der Waals surface area contributed by atoms with Crippen LogP contribution in [-0.2, 0) is 22.4 Å². The van der Waals surface area contributed by atoms with Crippen LogP contribution in [0.25, 0.3) is 0 Å². The molecule has 0 aliphatic rings. The molecule has 0 aliphatic heterocycles. The molecule has 40 heavy (non-hydrogen) atoms. The average molecular weight is 551 g/mol. The van der Waals surface area contributed by atoms with Crippen molar-refractivity contribution in [1.29, 1.82) is 0 Å². The number of nitrogens with two attached hydrogens (primary N) is 1. The zero-order valence-electron chi connectivity index (χ0n) is 25.0. The maximum atomic E-state index is 13.6. The summed E-state index contributed by atoms with van der Waals surface area (Å²) in [6, 6.07) is 12.5. The van der Waals surface area contributed by atoms with E-state index in [1.807, 2.05) is 82.2 Å². The van der Waals surface area contributed by atoms with E-state index in [4.69, 9.17) is 10.7 Å². The molecule has 3 atom stereocenters. The van der Waals surface area contributed by atoms with Gasteiger partial charge < -0.3 is 31.3 Å². The molecule has 0 heterocycles. The zero-order chi connectivity index (χ0) is 30.0. The summed E-state index contributed by atoms with van der Waals surface area (Å²) in [5.41, 5.74) is 9.65. The van der Waals surface area contributed by atoms with Crippen LogP contribution in [0.1, 0.15) is 35.6 Å². The van der Waals surface area contributed by atoms with Crippen molar-refractivity contribution < 1.29 is 14.7 Å². The van der Waals surface area contributed by atoms with E-state index in [1.54, 1.807) is 19.1 Å². The van der Waals surface area contributed by atoms with E-state index in [0.29, 0.717) is 31.2 Å². The van der Waals surface area contributed by atoms with Crippen molar-refractivity contribution in [2.75, 3.05) is 34.7 Å². The first-order valence-electron chi connectivity index (χ1n) is 13.5. The van der Waals surface area contributed by atoms with Crippen LogP contribution in [0, 0.1) is 19.8 Å². The minimum absolute atomic E-state index is 0.0463. The Balaban J connectivity index is 2.18. The Kier molecular flexibility index (Phi) is 12.0. The highest BCUT2D eigenvalue weighted by molar-refractivity contribution is 5.92. The minimum Gasteiger partial charge on any atom is -0.508 e. The molecular formula is C31H46N6O3. The first-order valence-corrected chi connectivity index (χ1v) is 13.5. The van der Waals surface area contributed by atoms with Gasteiger partial charge in [-0.25, -0.2) is 4.99 Å². The van der Waals surface area contributed by atoms with Crippen LogP contribution in [0.5, 0.6) is 5.75 Å². The number of carbonyl (C=O) groups excluding carboxylic acids is 2. The Hall–Kier alpha value is -4.01. The number of hydrogen-bond acceptors (Lipinski definition) is 6. The Labute approximate surface area is 239 Å². The maximum Gasteiger partial charge on any atom is 0.223 e. The summed E-state index contributed by atoms with van der Waals surface area (Å²) < 4.78 is 0. The molecule has 2 aromatic rings. The van der Waals surface area contributed by atoms with Gasteiger partial charge in [-0.2, -0.15) is 0 Å². The number of aliphatic imine (C=N–C) groups is 1. The second kappa shape index (κ2) is 15.0. The fourth-order valence-corrected chi connectivity index (χ4v) is 4.75. The first kappa shape index (κ1) is 32.2. The van der Waals surface area contributed by atoms with Gasteiger partial charge in [0.05, 0.1) is 5.82 Å². The molecule has 1 amide bonds. The fourth-order valence-electron chi connectivity index (χ4n) is 4.75. The molecule has 0 saturated heterocycles. The Bertz CT molecular complexity index is 1160. The number of aryl methyl sites for hydroxylation is 2. The number of benzene rings is 2. The number of nitrogens with one attached hydrogen (secondary N) is 2. The van der Waals surface area contributed by atoms with Crippen LogP contribution in [0.4, 0.5) is 0 Å². The lowest BCUT2D eigenvalue weighted by atomic mass is 9.91. The summed E-state index contributed by atoms with van der Waals surface area (Å²) in [5.74, 6) is 0.294. The number of ketones is 1. The molecular weight excluding hydrogens is 504 g/mol. The van der Waals surface area contributed by atoms with E-state index >= 15 is 0 Å². The lowest BCUT2D eigenvalue weighted by Crippen LogP contribution is -2.45. The zero-order valence-corrected chi connectivity index (χ0v) is 25.0. The van der Waals surface area contributed by atoms with Gasteiger partial charge in [-0.15, -0.1) is 0 Å². The van der Waals surface area contributed by atoms with Crippen molar-refractivity contribution in [1.82, 2.24) is 20.4 Å². The summed E-state index contributed by atoms with van der Waals surface area (Å²) in [4.78, 5) is 35.3. The number of phenolic OH excluding ortho intramolecular Hbond substituents is 1. The molecule has 2 aromatic carbocycles. The van der Waals surface area contributed by atoms with E-state index in [-0.39, 0.29) is 29.9 Å². The summed E-state index contributed by atoms with van der Waals surface area (Å²) in [6.07, 6.45) is 1.08. The number of Topliss-reactive ketones (excluding diaryl/α,β-unsaturated/α-hetero) is 1. The van der Waals surface area contributed by atoms with Gasteiger partial charge in [0, 0.05) is 59.5 Å². The minimum atomic E-state index is -0.690. The van der Waals surface area contributed by atoms with Crippen molar-refractivity contribution in [2.24, 2.45) is 16.6 Å². The van der Waals surface area contributed by atoms with Crippen LogP contribution < -0.4 is 16.4 Å². The van der Waals surface area contributed by atoms with Gasteiger partial charge in [0.1, 0.15) is 11.8 Å². The van der Waals surface area contributed by atoms with Gasteiger partial charge in [-0.1, -0.05) is 43.8 Å². The molecule has 9 nitrogen and oxygen atoms in total. The predicted molar refractivity (Wildman–Crippen MR) is 162 cm³/mol. The van der Waals surface area contributed by atoms with E-state index < -0.39 is 12.0 Å². The van der Waals surface area contributed by atoms with Crippen molar-refractivity contribution in [3.8, 4) is 5.75 Å². The van der Waals surface area contributed by atoms with Gasteiger partial charge >= 0.3 is 0 Å². The smallest absolute Gasteiger partial charge is 0.223 e. The number of rotatable bonds is 13. The molecule has 0 spiro atoms. The largest absolute Gasteiger partial charge is 0.508 e. The molecule has 0 saturated carbocycles. The summed E-state index contributed by atoms with van der Waals surface area (Å²) in [6.45, 7) is 9.65. The molecule has 0 aliphatic carbocycles. The van der Waals surface area contributed by atoms with E-state index in [2.05, 4.69) is 17.2 Å². The molecule has 5 N–H and O–H groups in total. The number of carbonyl (C=O) groups is 2. The summed E-state index contributed by atoms with van der Waals surface area (Å²) in [7, 11) is 7.51. The van der Waals surface area contributed by atoms with Crippen LogP contribution in [0.15, 0.2) is 59.9 Å². The lowest BCUT2D eigenvalue weighted by Gasteiger charge is -2.26. The standard InChI is InChI=1S/C31H46N6O3/c1-20-14-26(38)15-21(2)27(20)18-28(35-31(36(5)6)37(7)8)29(39)16-22(3)30(40)33-19-25(34-23(4)32)17-24-12-10-9-11-13-24/h9-15,22,25,28,34,38H,4,16-19,32H2,1-3,5-8H3,(H,33,40)/t22-,25-,28-/m0/s1. The second-order valence-electron chi connectivity index (χ2n) is 10.9. The number of amides is 1. The van der Waals surface area contributed by atoms with Crippen LogP contribution >= 0.6 is 0 Å². The van der Waals surface area contributed by atoms with Crippen LogP contribution in [0.3, 0.4) is 0 Å². The van der Waals surface area contributed by atoms with Crippen LogP contribution in [-0.4, -0.2) is 79.4 Å². The topological polar surface area (TPSA) is 123 Å². The third-order valence-electron chi connectivity index (χ3n) is 6.71. The summed E-state index contributed by atoms with van der Waals surface area (Å²) in [5, 5.41) is 16.1. The normalized spacial score (nSPS) is 13.0. The van der Waals surface area contributed by atoms with Crippen molar-refractivity contribution >= 4 is 17.6 Å². The van der Waals surface area contributed by atoms with E-state index in [0.717, 1.165) is 22.3 Å². The molecule has 0 fully saturated rings. The molecule has 0 unspecified atom stereocenters. The summed E-state index contributed by atoms with van der Waals surface area (Å²) >= 11 is 0. The van der Waals surface area contributed by atoms with Gasteiger partial charge in [-0.3, -0.25) is 9.59 Å². The Morgan fingerprint density at radius 3 is 2.12 bits per heavy atom. The number of guanidine groups is 1. The third kappa shape index (κ3) is 9.94. The Morgan fingerprint density at radius 1 is 1.02 bits per heavy atom. The van der Waals surface area contributed by atoms with E-state index in [9.17, 15) is 14.7 Å². The van der Waals surface area contributed by atoms with Gasteiger partial charge in [0.15, 0.2) is 11.7 Å². The van der Waals surface area contributed by atoms with Crippen LogP contribution in [0.2, 0.25) is 0 Å². The maximum absolute atomic E-state index is 13.6. The first-order chi connectivity index (χ1) is 18.8. The number of phenols is 1. The molecule has 0 aromatic heterocycles. The fraction of sp³-hybridized carbons (Fsp3) is 0.452. The van der Waals surface area contributed by atoms with Gasteiger partial charge in [0.25, 0.3) is 0 Å². The highest BCUT2D eigenvalue weighted by Crippen LogP contribution is 2.24. The molecule has 9 heteroatoms. The SMILES string of the molecule is C=C(N)N[C@H](CNC(=O)[C@@H](C)CC(=O)[C@H](Cc1c(C)cc(O)cc1C)N=C(N(C)C)N(C)C)Cc1ccccc1. The van der Waals surface area contributed by atoms with E-state index in [1.165, 1.54) is 0 Å². The van der Waals surface area contributed by atoms with Gasteiger partial charge in [-0.05, 0) is 54.7 Å². The van der Waals surface area contributed by atoms with Crippen molar-refractivity contribution in [3.63, 3.8) is 0 Å². The average Bonchev–Trinajstić information content (AvgIpc) is 2.85. The predicted octanol–water partition coefficient (Wildman–Crippen LogP) is 2.74. The highest BCUT2D eigenvalue weighted by Gasteiger charge is 2.26. The monoisotopic (exact) mass is 550 g/mol. The lowest BCUT2D eigenvalue weighted by molar-refractivity contribution is -0.129. The molecule has 0 bridgehead atoms. The molecule has 2 rings (SSSR count). The molecule has 0 radical (unpaired) electrons.